The molecule has 0 saturated heterocycles. The van der Waals surface area contributed by atoms with Gasteiger partial charge in [-0.2, -0.15) is 0 Å². The third-order valence-electron chi connectivity index (χ3n) is 2.45. The van der Waals surface area contributed by atoms with E-state index in [1.54, 1.807) is 24.3 Å². The highest BCUT2D eigenvalue weighted by Gasteiger charge is 2.13. The minimum atomic E-state index is -0.150. The monoisotopic (exact) mass is 235 g/mol. The van der Waals surface area contributed by atoms with E-state index in [2.05, 4.69) is 10.5 Å². The van der Waals surface area contributed by atoms with Crippen LogP contribution in [0.15, 0.2) is 35.5 Å². The fourth-order valence-electron chi connectivity index (χ4n) is 1.45. The first-order valence-corrected chi connectivity index (χ1v) is 5.49. The van der Waals surface area contributed by atoms with E-state index < -0.39 is 0 Å². The number of hydrogen-bond donors (Lipinski definition) is 3. The standard InChI is InChI=1S/C12H17N3O2/c1-2-10(8-11(13)15-17)14-12(16)9-6-4-3-5-7-9/h3-7,10,17H,2,8H2,1H3,(H2,13,15)(H,14,16). The maximum absolute atomic E-state index is 11.8. The molecule has 1 unspecified atom stereocenters. The summed E-state index contributed by atoms with van der Waals surface area (Å²) < 4.78 is 0. The van der Waals surface area contributed by atoms with Crippen molar-refractivity contribution in [2.75, 3.05) is 0 Å². The lowest BCUT2D eigenvalue weighted by Gasteiger charge is -2.16. The van der Waals surface area contributed by atoms with Gasteiger partial charge in [0.2, 0.25) is 0 Å². The Bertz CT molecular complexity index is 390. The number of oxime groups is 1. The lowest BCUT2D eigenvalue weighted by molar-refractivity contribution is 0.0937. The van der Waals surface area contributed by atoms with Crippen molar-refractivity contribution in [1.82, 2.24) is 5.32 Å². The molecule has 0 bridgehead atoms. The molecule has 4 N–H and O–H groups in total. The van der Waals surface area contributed by atoms with Gasteiger partial charge in [-0.25, -0.2) is 0 Å². The van der Waals surface area contributed by atoms with Gasteiger partial charge in [0.15, 0.2) is 0 Å². The largest absolute Gasteiger partial charge is 0.409 e. The van der Waals surface area contributed by atoms with Gasteiger partial charge < -0.3 is 16.3 Å². The molecule has 5 nitrogen and oxygen atoms in total. The molecule has 5 heteroatoms. The Kier molecular flexibility index (Phi) is 5.00. The highest BCUT2D eigenvalue weighted by molar-refractivity contribution is 5.94. The highest BCUT2D eigenvalue weighted by atomic mass is 16.4. The van der Waals surface area contributed by atoms with Gasteiger partial charge >= 0.3 is 0 Å². The van der Waals surface area contributed by atoms with Gasteiger partial charge in [0, 0.05) is 18.0 Å². The topological polar surface area (TPSA) is 87.7 Å². The normalized spacial score (nSPS) is 13.1. The maximum atomic E-state index is 11.8. The molecule has 0 aliphatic heterocycles. The van der Waals surface area contributed by atoms with Gasteiger partial charge in [-0.05, 0) is 18.6 Å². The van der Waals surface area contributed by atoms with Crippen molar-refractivity contribution in [3.05, 3.63) is 35.9 Å². The summed E-state index contributed by atoms with van der Waals surface area (Å²) in [5, 5.41) is 14.2. The van der Waals surface area contributed by atoms with E-state index in [9.17, 15) is 4.79 Å². The predicted octanol–water partition coefficient (Wildman–Crippen LogP) is 1.33. The van der Waals surface area contributed by atoms with Gasteiger partial charge in [0.1, 0.15) is 5.84 Å². The zero-order valence-corrected chi connectivity index (χ0v) is 9.76. The van der Waals surface area contributed by atoms with E-state index >= 15 is 0 Å². The Morgan fingerprint density at radius 2 is 2.12 bits per heavy atom. The Labute approximate surface area is 100 Å². The second-order valence-electron chi connectivity index (χ2n) is 3.74. The van der Waals surface area contributed by atoms with Crippen LogP contribution in [0, 0.1) is 0 Å². The van der Waals surface area contributed by atoms with Crippen LogP contribution >= 0.6 is 0 Å². The molecule has 0 aromatic heterocycles. The Morgan fingerprint density at radius 1 is 1.47 bits per heavy atom. The van der Waals surface area contributed by atoms with Crippen molar-refractivity contribution in [3.63, 3.8) is 0 Å². The van der Waals surface area contributed by atoms with Crippen LogP contribution in [0.3, 0.4) is 0 Å². The molecule has 17 heavy (non-hydrogen) atoms. The van der Waals surface area contributed by atoms with Crippen LogP contribution in [0.2, 0.25) is 0 Å². The lowest BCUT2D eigenvalue weighted by atomic mass is 10.1. The number of carbonyl (C=O) groups excluding carboxylic acids is 1. The molecule has 0 aliphatic carbocycles. The fourth-order valence-corrected chi connectivity index (χ4v) is 1.45. The van der Waals surface area contributed by atoms with Crippen molar-refractivity contribution in [1.29, 1.82) is 0 Å². The summed E-state index contributed by atoms with van der Waals surface area (Å²) in [5.41, 5.74) is 6.01. The first-order valence-electron chi connectivity index (χ1n) is 5.49. The molecule has 1 aromatic carbocycles. The van der Waals surface area contributed by atoms with Crippen LogP contribution < -0.4 is 11.1 Å². The van der Waals surface area contributed by atoms with E-state index in [0.717, 1.165) is 6.42 Å². The van der Waals surface area contributed by atoms with Crippen molar-refractivity contribution in [2.24, 2.45) is 10.9 Å². The first-order chi connectivity index (χ1) is 8.17. The summed E-state index contributed by atoms with van der Waals surface area (Å²) in [6.45, 7) is 1.93. The Hall–Kier alpha value is -2.04. The van der Waals surface area contributed by atoms with E-state index in [1.165, 1.54) is 0 Å². The van der Waals surface area contributed by atoms with E-state index in [-0.39, 0.29) is 17.8 Å². The van der Waals surface area contributed by atoms with Crippen LogP contribution in [0.25, 0.3) is 0 Å². The molecule has 1 amide bonds. The summed E-state index contributed by atoms with van der Waals surface area (Å²) in [4.78, 5) is 11.8. The molecule has 0 spiro atoms. The Morgan fingerprint density at radius 3 is 2.65 bits per heavy atom. The number of benzene rings is 1. The van der Waals surface area contributed by atoms with Gasteiger partial charge in [0.25, 0.3) is 5.91 Å². The second kappa shape index (κ2) is 6.52. The molecular weight excluding hydrogens is 218 g/mol. The minimum absolute atomic E-state index is 0.116. The number of nitrogens with two attached hydrogens (primary N) is 1. The molecule has 0 fully saturated rings. The third-order valence-corrected chi connectivity index (χ3v) is 2.45. The summed E-state index contributed by atoms with van der Waals surface area (Å²) in [5.74, 6) is -0.0339. The quantitative estimate of drug-likeness (QED) is 0.311. The molecule has 0 radical (unpaired) electrons. The number of hydrogen-bond acceptors (Lipinski definition) is 3. The zero-order chi connectivity index (χ0) is 12.7. The molecule has 0 saturated carbocycles. The summed E-state index contributed by atoms with van der Waals surface area (Å²) in [6, 6.07) is 8.82. The van der Waals surface area contributed by atoms with Crippen LogP contribution in [0.4, 0.5) is 0 Å². The third kappa shape index (κ3) is 4.14. The number of amidine groups is 1. The number of carbonyl (C=O) groups is 1. The average Bonchev–Trinajstić information content (AvgIpc) is 2.38. The van der Waals surface area contributed by atoms with Gasteiger partial charge in [-0.1, -0.05) is 30.3 Å². The number of amides is 1. The molecule has 92 valence electrons. The van der Waals surface area contributed by atoms with Gasteiger partial charge in [0.05, 0.1) is 0 Å². The van der Waals surface area contributed by atoms with Crippen molar-refractivity contribution < 1.29 is 10.0 Å². The molecular formula is C12H17N3O2. The summed E-state index contributed by atoms with van der Waals surface area (Å²) >= 11 is 0. The second-order valence-corrected chi connectivity index (χ2v) is 3.74. The van der Waals surface area contributed by atoms with E-state index in [4.69, 9.17) is 10.9 Å². The average molecular weight is 235 g/mol. The smallest absolute Gasteiger partial charge is 0.251 e. The fraction of sp³-hybridized carbons (Fsp3) is 0.333. The number of nitrogens with zero attached hydrogens (tertiary/aromatic N) is 1. The molecule has 0 heterocycles. The number of rotatable bonds is 5. The molecule has 1 rings (SSSR count). The van der Waals surface area contributed by atoms with Crippen molar-refractivity contribution in [2.45, 2.75) is 25.8 Å². The maximum Gasteiger partial charge on any atom is 0.251 e. The first kappa shape index (κ1) is 13.0. The van der Waals surface area contributed by atoms with Crippen LogP contribution in [0.1, 0.15) is 30.1 Å². The van der Waals surface area contributed by atoms with Crippen molar-refractivity contribution >= 4 is 11.7 Å². The zero-order valence-electron chi connectivity index (χ0n) is 9.76. The van der Waals surface area contributed by atoms with Crippen molar-refractivity contribution in [3.8, 4) is 0 Å². The van der Waals surface area contributed by atoms with E-state index in [0.29, 0.717) is 12.0 Å². The van der Waals surface area contributed by atoms with Gasteiger partial charge in [-0.15, -0.1) is 0 Å². The van der Waals surface area contributed by atoms with Crippen LogP contribution in [-0.2, 0) is 0 Å². The Balaban J connectivity index is 2.60. The SMILES string of the molecule is CCC(C/C(N)=N/O)NC(=O)c1ccccc1. The highest BCUT2D eigenvalue weighted by Crippen LogP contribution is 2.02. The summed E-state index contributed by atoms with van der Waals surface area (Å²) in [6.07, 6.45) is 1.06. The lowest BCUT2D eigenvalue weighted by Crippen LogP contribution is -2.37. The number of nitrogens with one attached hydrogen (secondary N) is 1. The molecule has 1 aromatic rings. The molecule has 1 atom stereocenters. The van der Waals surface area contributed by atoms with Gasteiger partial charge in [-0.3, -0.25) is 4.79 Å². The summed E-state index contributed by atoms with van der Waals surface area (Å²) in [7, 11) is 0. The van der Waals surface area contributed by atoms with E-state index in [1.807, 2.05) is 13.0 Å². The minimum Gasteiger partial charge on any atom is -0.409 e. The molecule has 0 aliphatic rings. The predicted molar refractivity (Wildman–Crippen MR) is 66.0 cm³/mol. The van der Waals surface area contributed by atoms with Crippen LogP contribution in [0.5, 0.6) is 0 Å². The van der Waals surface area contributed by atoms with Crippen LogP contribution in [-0.4, -0.2) is 23.0 Å².